The van der Waals surface area contributed by atoms with E-state index in [2.05, 4.69) is 27.7 Å². The van der Waals surface area contributed by atoms with Gasteiger partial charge in [-0.3, -0.25) is 9.59 Å². The van der Waals surface area contributed by atoms with E-state index < -0.39 is 5.91 Å². The van der Waals surface area contributed by atoms with E-state index in [4.69, 9.17) is 28.9 Å². The predicted octanol–water partition coefficient (Wildman–Crippen LogP) is 3.85. The van der Waals surface area contributed by atoms with Crippen molar-refractivity contribution in [2.24, 2.45) is 5.73 Å². The van der Waals surface area contributed by atoms with Gasteiger partial charge in [-0.1, -0.05) is 29.3 Å². The molecule has 0 bridgehead atoms. The van der Waals surface area contributed by atoms with Crippen LogP contribution in [0.1, 0.15) is 33.7 Å². The Morgan fingerprint density at radius 2 is 1.70 bits per heavy atom. The van der Waals surface area contributed by atoms with Gasteiger partial charge < -0.3 is 21.3 Å². The van der Waals surface area contributed by atoms with E-state index in [1.807, 2.05) is 0 Å². The van der Waals surface area contributed by atoms with E-state index >= 15 is 0 Å². The number of carbonyl (C=O) groups is 2. The maximum Gasteiger partial charge on any atom is 0.271 e. The van der Waals surface area contributed by atoms with Gasteiger partial charge in [0.15, 0.2) is 5.69 Å². The molecule has 1 aliphatic heterocycles. The van der Waals surface area contributed by atoms with Crippen LogP contribution in [0.5, 0.6) is 0 Å². The molecule has 1 saturated heterocycles. The number of rotatable bonds is 6. The highest BCUT2D eigenvalue weighted by Crippen LogP contribution is 2.30. The molecule has 0 atom stereocenters. The van der Waals surface area contributed by atoms with Crippen molar-refractivity contribution in [1.29, 1.82) is 0 Å². The Kier molecular flexibility index (Phi) is 6.88. The zero-order chi connectivity index (χ0) is 23.5. The summed E-state index contributed by atoms with van der Waals surface area (Å²) in [5.41, 5.74) is 7.62. The van der Waals surface area contributed by atoms with Crippen LogP contribution in [0.4, 0.5) is 11.4 Å². The number of carbonyl (C=O) groups excluding carboxylic acids is 2. The molecule has 2 heterocycles. The molecule has 1 aromatic heterocycles. The summed E-state index contributed by atoms with van der Waals surface area (Å²) in [5, 5.41) is 11.2. The lowest BCUT2D eigenvalue weighted by molar-refractivity contribution is 0.0916. The third kappa shape index (κ3) is 5.30. The minimum absolute atomic E-state index is 0.0371. The quantitative estimate of drug-likeness (QED) is 0.490. The topological polar surface area (TPSA) is 105 Å². The summed E-state index contributed by atoms with van der Waals surface area (Å²) in [6.07, 6.45) is 3.47. The van der Waals surface area contributed by atoms with Gasteiger partial charge in [-0.05, 0) is 69.4 Å². The van der Waals surface area contributed by atoms with Crippen LogP contribution < -0.4 is 16.4 Å². The van der Waals surface area contributed by atoms with Crippen molar-refractivity contribution in [2.75, 3.05) is 25.5 Å². The lowest BCUT2D eigenvalue weighted by atomic mass is 10.0. The van der Waals surface area contributed by atoms with Crippen LogP contribution in [0, 0.1) is 0 Å². The molecule has 3 aromatic rings. The lowest BCUT2D eigenvalue weighted by Gasteiger charge is -2.29. The van der Waals surface area contributed by atoms with E-state index in [0.717, 1.165) is 25.9 Å². The van der Waals surface area contributed by atoms with Crippen LogP contribution in [0.15, 0.2) is 48.7 Å². The zero-order valence-electron chi connectivity index (χ0n) is 18.0. The average Bonchev–Trinajstić information content (AvgIpc) is 3.19. The van der Waals surface area contributed by atoms with E-state index in [1.165, 1.54) is 4.68 Å². The minimum atomic E-state index is -0.700. The number of hydrogen-bond acceptors (Lipinski definition) is 5. The van der Waals surface area contributed by atoms with Crippen LogP contribution in [0.3, 0.4) is 0 Å². The fraction of sp³-hybridized carbons (Fsp3) is 0.261. The number of piperidine rings is 1. The van der Waals surface area contributed by atoms with Gasteiger partial charge in [-0.15, -0.1) is 0 Å². The highest BCUT2D eigenvalue weighted by atomic mass is 35.5. The first kappa shape index (κ1) is 23.1. The molecule has 1 aliphatic rings. The van der Waals surface area contributed by atoms with Crippen molar-refractivity contribution in [3.05, 3.63) is 70.0 Å². The Balaban J connectivity index is 1.50. The number of likely N-dealkylation sites (tertiary alicyclic amines) is 1. The number of hydrogen-bond donors (Lipinski definition) is 3. The van der Waals surface area contributed by atoms with Crippen LogP contribution in [0.25, 0.3) is 5.69 Å². The number of nitrogens with zero attached hydrogens (tertiary/aromatic N) is 3. The van der Waals surface area contributed by atoms with E-state index in [0.29, 0.717) is 32.7 Å². The van der Waals surface area contributed by atoms with Gasteiger partial charge in [0.25, 0.3) is 11.8 Å². The smallest absolute Gasteiger partial charge is 0.271 e. The molecular weight excluding hydrogens is 463 g/mol. The standard InChI is InChI=1S/C23H24Cl2N6O2/c1-30-11-9-16(10-12-30)28-23(33)14-5-7-15(8-6-14)27-19-13-31(29-20(19)22(26)32)21-17(24)3-2-4-18(21)25/h2-8,13,16,27H,9-12H2,1H3,(H2,26,32)(H,28,33). The lowest BCUT2D eigenvalue weighted by Crippen LogP contribution is -2.43. The normalized spacial score (nSPS) is 14.8. The summed E-state index contributed by atoms with van der Waals surface area (Å²) in [6, 6.07) is 12.2. The summed E-state index contributed by atoms with van der Waals surface area (Å²) >= 11 is 12.5. The maximum atomic E-state index is 12.6. The monoisotopic (exact) mass is 486 g/mol. The van der Waals surface area contributed by atoms with E-state index in [-0.39, 0.29) is 17.6 Å². The molecule has 2 aromatic carbocycles. The number of para-hydroxylation sites is 1. The maximum absolute atomic E-state index is 12.6. The third-order valence-electron chi connectivity index (χ3n) is 5.59. The van der Waals surface area contributed by atoms with Gasteiger partial charge in [0, 0.05) is 17.3 Å². The Bertz CT molecular complexity index is 1150. The van der Waals surface area contributed by atoms with Gasteiger partial charge in [-0.25, -0.2) is 4.68 Å². The summed E-state index contributed by atoms with van der Waals surface area (Å²) in [7, 11) is 2.08. The fourth-order valence-electron chi connectivity index (χ4n) is 3.75. The van der Waals surface area contributed by atoms with Crippen molar-refractivity contribution < 1.29 is 9.59 Å². The number of nitrogens with two attached hydrogens (primary N) is 1. The molecular formula is C23H24Cl2N6O2. The molecule has 33 heavy (non-hydrogen) atoms. The fourth-order valence-corrected chi connectivity index (χ4v) is 4.32. The SMILES string of the molecule is CN1CCC(NC(=O)c2ccc(Nc3cn(-c4c(Cl)cccc4Cl)nc3C(N)=O)cc2)CC1. The molecule has 1 fully saturated rings. The first-order valence-electron chi connectivity index (χ1n) is 10.5. The Hall–Kier alpha value is -3.07. The second-order valence-corrected chi connectivity index (χ2v) is 8.84. The second-order valence-electron chi connectivity index (χ2n) is 8.02. The predicted molar refractivity (Wildman–Crippen MR) is 130 cm³/mol. The Labute approximate surface area is 201 Å². The van der Waals surface area contributed by atoms with Gasteiger partial charge in [0.1, 0.15) is 5.69 Å². The van der Waals surface area contributed by atoms with Crippen LogP contribution in [-0.2, 0) is 0 Å². The van der Waals surface area contributed by atoms with Crippen molar-refractivity contribution >= 4 is 46.4 Å². The van der Waals surface area contributed by atoms with Crippen molar-refractivity contribution in [2.45, 2.75) is 18.9 Å². The number of aromatic nitrogens is 2. The number of anilines is 2. The van der Waals surface area contributed by atoms with Crippen molar-refractivity contribution in [3.63, 3.8) is 0 Å². The molecule has 4 N–H and O–H groups in total. The van der Waals surface area contributed by atoms with Crippen LogP contribution >= 0.6 is 23.2 Å². The first-order valence-corrected chi connectivity index (χ1v) is 11.3. The molecule has 10 heteroatoms. The van der Waals surface area contributed by atoms with E-state index in [9.17, 15) is 9.59 Å². The van der Waals surface area contributed by atoms with Crippen LogP contribution in [0.2, 0.25) is 10.0 Å². The summed E-state index contributed by atoms with van der Waals surface area (Å²) in [6.45, 7) is 1.95. The molecule has 0 saturated carbocycles. The van der Waals surface area contributed by atoms with Gasteiger partial charge in [0.05, 0.1) is 21.9 Å². The second kappa shape index (κ2) is 9.82. The summed E-state index contributed by atoms with van der Waals surface area (Å²) in [5.74, 6) is -0.802. The highest BCUT2D eigenvalue weighted by Gasteiger charge is 2.20. The molecule has 0 aliphatic carbocycles. The Morgan fingerprint density at radius 3 is 2.30 bits per heavy atom. The molecule has 0 unspecified atom stereocenters. The largest absolute Gasteiger partial charge is 0.364 e. The summed E-state index contributed by atoms with van der Waals surface area (Å²) < 4.78 is 1.41. The molecule has 2 amide bonds. The number of primary amides is 1. The first-order chi connectivity index (χ1) is 15.8. The third-order valence-corrected chi connectivity index (χ3v) is 6.20. The molecule has 0 radical (unpaired) electrons. The molecule has 0 spiro atoms. The number of amides is 2. The number of nitrogens with one attached hydrogen (secondary N) is 2. The average molecular weight is 487 g/mol. The molecule has 172 valence electrons. The number of halogens is 2. The van der Waals surface area contributed by atoms with Crippen molar-refractivity contribution in [3.8, 4) is 5.69 Å². The minimum Gasteiger partial charge on any atom is -0.364 e. The van der Waals surface area contributed by atoms with E-state index in [1.54, 1.807) is 48.7 Å². The molecule has 4 rings (SSSR count). The zero-order valence-corrected chi connectivity index (χ0v) is 19.5. The highest BCUT2D eigenvalue weighted by molar-refractivity contribution is 6.37. The number of benzene rings is 2. The van der Waals surface area contributed by atoms with Crippen LogP contribution in [-0.4, -0.2) is 52.7 Å². The van der Waals surface area contributed by atoms with Gasteiger partial charge in [0.2, 0.25) is 0 Å². The Morgan fingerprint density at radius 1 is 1.06 bits per heavy atom. The molecule has 8 nitrogen and oxygen atoms in total. The summed E-state index contributed by atoms with van der Waals surface area (Å²) in [4.78, 5) is 26.8. The van der Waals surface area contributed by atoms with Crippen molar-refractivity contribution in [1.82, 2.24) is 20.0 Å². The van der Waals surface area contributed by atoms with Gasteiger partial charge >= 0.3 is 0 Å². The van der Waals surface area contributed by atoms with Gasteiger partial charge in [-0.2, -0.15) is 5.10 Å².